The van der Waals surface area contributed by atoms with Gasteiger partial charge in [0.05, 0.1) is 0 Å². The highest BCUT2D eigenvalue weighted by Crippen LogP contribution is 2.39. The van der Waals surface area contributed by atoms with Gasteiger partial charge in [-0.25, -0.2) is 4.39 Å². The number of halogens is 2. The van der Waals surface area contributed by atoms with Crippen LogP contribution in [0.4, 0.5) is 4.39 Å². The summed E-state index contributed by atoms with van der Waals surface area (Å²) in [7, 11) is 0. The summed E-state index contributed by atoms with van der Waals surface area (Å²) in [4.78, 5) is 0. The van der Waals surface area contributed by atoms with Crippen molar-refractivity contribution in [2.75, 3.05) is 0 Å². The maximum atomic E-state index is 13.9. The molecule has 0 spiro atoms. The predicted molar refractivity (Wildman–Crippen MR) is 101 cm³/mol. The normalized spacial score (nSPS) is 11.6. The van der Waals surface area contributed by atoms with Gasteiger partial charge < -0.3 is 16.0 Å². The van der Waals surface area contributed by atoms with E-state index in [1.165, 1.54) is 12.1 Å². The number of hydrogen-bond acceptors (Lipinski definition) is 3. The van der Waals surface area contributed by atoms with E-state index < -0.39 is 5.82 Å². The summed E-state index contributed by atoms with van der Waals surface area (Å²) in [6.07, 6.45) is 0. The van der Waals surface area contributed by atoms with Crippen molar-refractivity contribution in [1.29, 1.82) is 0 Å². The molecule has 0 aliphatic rings. The minimum Gasteiger partial charge on any atom is -0.508 e. The van der Waals surface area contributed by atoms with Crippen molar-refractivity contribution in [3.05, 3.63) is 76.6 Å². The van der Waals surface area contributed by atoms with Crippen molar-refractivity contribution < 1.29 is 14.7 Å². The zero-order chi connectivity index (χ0) is 18.8. The molecule has 0 bridgehead atoms. The molecule has 0 unspecified atom stereocenters. The number of phenols is 1. The molecule has 0 heterocycles. The molecule has 0 aliphatic carbocycles. The molecule has 4 nitrogen and oxygen atoms in total. The first-order valence-corrected chi connectivity index (χ1v) is 8.16. The van der Waals surface area contributed by atoms with E-state index >= 15 is 0 Å². The third-order valence-electron chi connectivity index (χ3n) is 4.13. The Morgan fingerprint density at radius 3 is 2.38 bits per heavy atom. The first-order chi connectivity index (χ1) is 12.4. The molecule has 6 heteroatoms. The molecular formula is C20H16ClFN2O2. The maximum Gasteiger partial charge on any atom is 0.170 e. The van der Waals surface area contributed by atoms with Gasteiger partial charge in [-0.2, -0.15) is 0 Å². The predicted octanol–water partition coefficient (Wildman–Crippen LogP) is 4.92. The third kappa shape index (κ3) is 3.34. The number of aromatic hydroxyl groups is 1. The number of nitrogens with zero attached hydrogens (tertiary/aromatic N) is 1. The van der Waals surface area contributed by atoms with Gasteiger partial charge in [-0.05, 0) is 65.6 Å². The average molecular weight is 371 g/mol. The number of rotatable bonds is 3. The van der Waals surface area contributed by atoms with Gasteiger partial charge in [0.25, 0.3) is 0 Å². The van der Waals surface area contributed by atoms with Crippen molar-refractivity contribution in [3.8, 4) is 28.0 Å². The van der Waals surface area contributed by atoms with Crippen LogP contribution in [-0.4, -0.2) is 16.1 Å². The van der Waals surface area contributed by atoms with Crippen molar-refractivity contribution in [1.82, 2.24) is 0 Å². The summed E-state index contributed by atoms with van der Waals surface area (Å²) in [6.45, 7) is 1.85. The van der Waals surface area contributed by atoms with Crippen LogP contribution in [-0.2, 0) is 0 Å². The summed E-state index contributed by atoms with van der Waals surface area (Å²) in [5, 5.41) is 22.2. The van der Waals surface area contributed by atoms with Crippen molar-refractivity contribution in [2.45, 2.75) is 6.92 Å². The first-order valence-electron chi connectivity index (χ1n) is 7.78. The van der Waals surface area contributed by atoms with Crippen molar-refractivity contribution >= 4 is 17.4 Å². The fourth-order valence-corrected chi connectivity index (χ4v) is 3.10. The molecule has 4 N–H and O–H groups in total. The number of hydrogen-bond donors (Lipinski definition) is 3. The van der Waals surface area contributed by atoms with E-state index in [0.717, 1.165) is 11.1 Å². The number of aryl methyl sites for hydroxylation is 1. The highest BCUT2D eigenvalue weighted by molar-refractivity contribution is 6.31. The van der Waals surface area contributed by atoms with Crippen LogP contribution in [0.2, 0.25) is 5.02 Å². The molecule has 26 heavy (non-hydrogen) atoms. The van der Waals surface area contributed by atoms with Gasteiger partial charge in [-0.15, -0.1) is 0 Å². The average Bonchev–Trinajstić information content (AvgIpc) is 2.63. The molecule has 3 aromatic carbocycles. The van der Waals surface area contributed by atoms with Crippen LogP contribution in [0, 0.1) is 12.7 Å². The Hall–Kier alpha value is -3.05. The number of nitrogens with two attached hydrogens (primary N) is 1. The van der Waals surface area contributed by atoms with Crippen LogP contribution in [0.5, 0.6) is 5.75 Å². The topological polar surface area (TPSA) is 78.8 Å². The molecule has 0 atom stereocenters. The fraction of sp³-hybridized carbons (Fsp3) is 0.0500. The van der Waals surface area contributed by atoms with Crippen LogP contribution in [0.1, 0.15) is 11.1 Å². The Labute approximate surface area is 155 Å². The second-order valence-corrected chi connectivity index (χ2v) is 6.30. The van der Waals surface area contributed by atoms with Crippen LogP contribution in [0.3, 0.4) is 0 Å². The fourth-order valence-electron chi connectivity index (χ4n) is 2.89. The van der Waals surface area contributed by atoms with Crippen molar-refractivity contribution in [3.63, 3.8) is 0 Å². The molecule has 0 aromatic heterocycles. The smallest absolute Gasteiger partial charge is 0.170 e. The number of benzene rings is 3. The molecule has 0 aliphatic heterocycles. The minimum atomic E-state index is -0.400. The quantitative estimate of drug-likeness (QED) is 0.265. The largest absolute Gasteiger partial charge is 0.508 e. The summed E-state index contributed by atoms with van der Waals surface area (Å²) in [5.41, 5.74) is 9.69. The molecule has 0 amide bonds. The maximum absolute atomic E-state index is 13.9. The van der Waals surface area contributed by atoms with Gasteiger partial charge in [0.2, 0.25) is 0 Å². The van der Waals surface area contributed by atoms with Gasteiger partial charge in [-0.1, -0.05) is 35.0 Å². The highest BCUT2D eigenvalue weighted by atomic mass is 35.5. The molecule has 0 saturated carbocycles. The lowest BCUT2D eigenvalue weighted by atomic mass is 9.88. The molecular weight excluding hydrogens is 355 g/mol. The van der Waals surface area contributed by atoms with Crippen molar-refractivity contribution in [2.24, 2.45) is 10.9 Å². The second kappa shape index (κ2) is 7.06. The highest BCUT2D eigenvalue weighted by Gasteiger charge is 2.19. The number of phenolic OH excluding ortho intramolecular Hbond substituents is 1. The van der Waals surface area contributed by atoms with Gasteiger partial charge in [0, 0.05) is 16.1 Å². The Kier molecular flexibility index (Phi) is 4.82. The Morgan fingerprint density at radius 1 is 1.04 bits per heavy atom. The summed E-state index contributed by atoms with van der Waals surface area (Å²) in [6, 6.07) is 14.3. The van der Waals surface area contributed by atoms with E-state index in [0.29, 0.717) is 27.3 Å². The van der Waals surface area contributed by atoms with Gasteiger partial charge in [-0.3, -0.25) is 0 Å². The van der Waals surface area contributed by atoms with Crippen LogP contribution >= 0.6 is 11.6 Å². The first kappa shape index (κ1) is 17.8. The molecule has 0 saturated heterocycles. The zero-order valence-corrected chi connectivity index (χ0v) is 14.6. The summed E-state index contributed by atoms with van der Waals surface area (Å²) >= 11 is 6.25. The Balaban J connectivity index is 2.42. The lowest BCUT2D eigenvalue weighted by molar-refractivity contribution is 0.318. The number of oxime groups is 1. The molecule has 0 fully saturated rings. The van der Waals surface area contributed by atoms with E-state index in [1.54, 1.807) is 42.5 Å². The lowest BCUT2D eigenvalue weighted by Gasteiger charge is -2.18. The summed E-state index contributed by atoms with van der Waals surface area (Å²) < 4.78 is 13.9. The third-order valence-corrected chi connectivity index (χ3v) is 4.35. The van der Waals surface area contributed by atoms with E-state index in [4.69, 9.17) is 17.3 Å². The summed E-state index contributed by atoms with van der Waals surface area (Å²) in [5.74, 6) is -0.412. The standard InChI is InChI=1S/C20H16ClFN2O2/c1-11-2-5-14(22)10-16(11)19-17(12-3-6-15(25)7-4-12)8-13(21)9-18(19)20(23)24-26/h2-10,25-26H,1H3,(H2,23,24). The van der Waals surface area contributed by atoms with Gasteiger partial charge >= 0.3 is 0 Å². The van der Waals surface area contributed by atoms with Crippen LogP contribution < -0.4 is 5.73 Å². The molecule has 3 aromatic rings. The Morgan fingerprint density at radius 2 is 1.73 bits per heavy atom. The lowest BCUT2D eigenvalue weighted by Crippen LogP contribution is -2.15. The molecule has 0 radical (unpaired) electrons. The SMILES string of the molecule is Cc1ccc(F)cc1-c1c(C(N)=NO)cc(Cl)cc1-c1ccc(O)cc1. The van der Waals surface area contributed by atoms with E-state index in [9.17, 15) is 14.7 Å². The second-order valence-electron chi connectivity index (χ2n) is 5.87. The van der Waals surface area contributed by atoms with Crippen LogP contribution in [0.15, 0.2) is 59.8 Å². The van der Waals surface area contributed by atoms with Gasteiger partial charge in [0.1, 0.15) is 11.6 Å². The van der Waals surface area contributed by atoms with Crippen LogP contribution in [0.25, 0.3) is 22.3 Å². The Bertz CT molecular complexity index is 1000. The van der Waals surface area contributed by atoms with E-state index in [1.807, 2.05) is 6.92 Å². The minimum absolute atomic E-state index is 0.121. The van der Waals surface area contributed by atoms with E-state index in [-0.39, 0.29) is 11.6 Å². The molecule has 3 rings (SSSR count). The molecule has 132 valence electrons. The number of amidine groups is 1. The monoisotopic (exact) mass is 370 g/mol. The van der Waals surface area contributed by atoms with E-state index in [2.05, 4.69) is 5.16 Å². The zero-order valence-electron chi connectivity index (χ0n) is 13.9. The van der Waals surface area contributed by atoms with Gasteiger partial charge in [0.15, 0.2) is 5.84 Å².